The highest BCUT2D eigenvalue weighted by Crippen LogP contribution is 2.17. The number of hydrogen-bond donors (Lipinski definition) is 3. The molecule has 3 aromatic carbocycles. The average Bonchev–Trinajstić information content (AvgIpc) is 2.95. The van der Waals surface area contributed by atoms with Gasteiger partial charge in [0.1, 0.15) is 11.6 Å². The van der Waals surface area contributed by atoms with Crippen molar-refractivity contribution < 1.29 is 27.1 Å². The molecule has 1 amide bonds. The van der Waals surface area contributed by atoms with Crippen LogP contribution in [0.25, 0.3) is 0 Å². The third kappa shape index (κ3) is 9.67. The van der Waals surface area contributed by atoms with Crippen molar-refractivity contribution in [3.05, 3.63) is 101 Å². The molecule has 3 rings (SSSR count). The van der Waals surface area contributed by atoms with E-state index >= 15 is 0 Å². The number of likely N-dealkylation sites (N-methyl/N-ethyl adjacent to an activating group) is 2. The number of aliphatic hydroxyl groups is 1. The summed E-state index contributed by atoms with van der Waals surface area (Å²) in [6.45, 7) is 3.51. The van der Waals surface area contributed by atoms with E-state index in [1.165, 1.54) is 41.2 Å². The summed E-state index contributed by atoms with van der Waals surface area (Å²) < 4.78 is 54.8. The van der Waals surface area contributed by atoms with Gasteiger partial charge in [0.05, 0.1) is 17.0 Å². The molecule has 228 valence electrons. The maximum absolute atomic E-state index is 13.9. The second-order valence-corrected chi connectivity index (χ2v) is 12.6. The standard InChI is InChI=1S/C31H40F2N4O4S/c1-5-22-7-6-8-23(15-22)20-34-21-30(38)29(18-24-16-26(32)19-27(33)17-24)35-31(39)25-9-11-28(12-10-25)42(40,41)37(4)14-13-36(2)3/h6-12,15-17,19,29-30,34,38H,5,13-14,18,20-21H2,1-4H3,(H,35,39)/t29-,30+/m0/s1. The van der Waals surface area contributed by atoms with Crippen LogP contribution in [0.5, 0.6) is 0 Å². The Hall–Kier alpha value is -3.22. The Kier molecular flexibility index (Phi) is 12.1. The first-order valence-corrected chi connectivity index (χ1v) is 15.3. The van der Waals surface area contributed by atoms with Crippen LogP contribution >= 0.6 is 0 Å². The molecule has 8 nitrogen and oxygen atoms in total. The number of sulfonamides is 1. The Morgan fingerprint density at radius 3 is 2.17 bits per heavy atom. The van der Waals surface area contributed by atoms with Crippen LogP contribution in [0, 0.1) is 11.6 Å². The molecule has 0 heterocycles. The summed E-state index contributed by atoms with van der Waals surface area (Å²) in [6.07, 6.45) is -0.230. The molecule has 0 bridgehead atoms. The molecule has 0 saturated heterocycles. The van der Waals surface area contributed by atoms with Crippen LogP contribution < -0.4 is 10.6 Å². The van der Waals surface area contributed by atoms with Crippen LogP contribution in [0.15, 0.2) is 71.6 Å². The fraction of sp³-hybridized carbons (Fsp3) is 0.387. The number of carbonyl (C=O) groups excluding carboxylic acids is 1. The Bertz CT molecular complexity index is 1410. The first-order chi connectivity index (χ1) is 19.9. The molecule has 0 spiro atoms. The molecule has 0 aromatic heterocycles. The molecule has 0 unspecified atom stereocenters. The first-order valence-electron chi connectivity index (χ1n) is 13.8. The van der Waals surface area contributed by atoms with E-state index in [-0.39, 0.29) is 29.0 Å². The molecule has 3 N–H and O–H groups in total. The van der Waals surface area contributed by atoms with Gasteiger partial charge in [0.25, 0.3) is 5.91 Å². The Morgan fingerprint density at radius 2 is 1.55 bits per heavy atom. The normalized spacial score (nSPS) is 13.4. The van der Waals surface area contributed by atoms with Crippen molar-refractivity contribution >= 4 is 15.9 Å². The van der Waals surface area contributed by atoms with Crippen molar-refractivity contribution in [2.45, 2.75) is 43.4 Å². The maximum Gasteiger partial charge on any atom is 0.251 e. The first kappa shape index (κ1) is 33.3. The fourth-order valence-electron chi connectivity index (χ4n) is 4.40. The van der Waals surface area contributed by atoms with Crippen LogP contribution in [0.4, 0.5) is 8.78 Å². The zero-order valence-electron chi connectivity index (χ0n) is 24.5. The molecule has 0 aliphatic rings. The van der Waals surface area contributed by atoms with Crippen molar-refractivity contribution in [2.24, 2.45) is 0 Å². The lowest BCUT2D eigenvalue weighted by atomic mass is 10.00. The molecule has 42 heavy (non-hydrogen) atoms. The number of amides is 1. The molecule has 0 fully saturated rings. The Morgan fingerprint density at radius 1 is 0.905 bits per heavy atom. The van der Waals surface area contributed by atoms with E-state index in [0.29, 0.717) is 19.6 Å². The number of aliphatic hydroxyl groups excluding tert-OH is 1. The zero-order valence-corrected chi connectivity index (χ0v) is 25.3. The smallest absolute Gasteiger partial charge is 0.251 e. The van der Waals surface area contributed by atoms with Gasteiger partial charge in [-0.05, 0) is 80.0 Å². The molecule has 2 atom stereocenters. The van der Waals surface area contributed by atoms with E-state index in [1.807, 2.05) is 37.2 Å². The van der Waals surface area contributed by atoms with E-state index in [9.17, 15) is 27.1 Å². The predicted octanol–water partition coefficient (Wildman–Crippen LogP) is 3.20. The monoisotopic (exact) mass is 602 g/mol. The maximum atomic E-state index is 13.9. The summed E-state index contributed by atoms with van der Waals surface area (Å²) in [7, 11) is 1.45. The van der Waals surface area contributed by atoms with E-state index < -0.39 is 39.7 Å². The number of hydrogen-bond acceptors (Lipinski definition) is 6. The number of rotatable bonds is 15. The van der Waals surface area contributed by atoms with Crippen LogP contribution in [0.3, 0.4) is 0 Å². The summed E-state index contributed by atoms with van der Waals surface area (Å²) >= 11 is 0. The van der Waals surface area contributed by atoms with E-state index in [1.54, 1.807) is 0 Å². The summed E-state index contributed by atoms with van der Waals surface area (Å²) in [5.41, 5.74) is 2.68. The molecular formula is C31H40F2N4O4S. The minimum absolute atomic E-state index is 0.0300. The Labute approximate surface area is 247 Å². The van der Waals surface area contributed by atoms with Crippen molar-refractivity contribution in [3.8, 4) is 0 Å². The number of nitrogens with one attached hydrogen (secondary N) is 2. The number of benzene rings is 3. The summed E-state index contributed by atoms with van der Waals surface area (Å²) in [4.78, 5) is 15.1. The Balaban J connectivity index is 1.73. The number of halogens is 2. The van der Waals surface area contributed by atoms with Crippen LogP contribution in [-0.2, 0) is 29.4 Å². The van der Waals surface area contributed by atoms with Gasteiger partial charge in [-0.1, -0.05) is 31.2 Å². The molecule has 0 aliphatic carbocycles. The van der Waals surface area contributed by atoms with Crippen molar-refractivity contribution in [3.63, 3.8) is 0 Å². The zero-order chi connectivity index (χ0) is 30.9. The predicted molar refractivity (Wildman–Crippen MR) is 160 cm³/mol. The quantitative estimate of drug-likeness (QED) is 0.247. The second-order valence-electron chi connectivity index (χ2n) is 10.6. The second kappa shape index (κ2) is 15.3. The van der Waals surface area contributed by atoms with E-state index in [0.717, 1.165) is 30.2 Å². The van der Waals surface area contributed by atoms with Crippen molar-refractivity contribution in [1.29, 1.82) is 0 Å². The van der Waals surface area contributed by atoms with Crippen LogP contribution in [-0.4, -0.2) is 81.6 Å². The minimum atomic E-state index is -3.74. The van der Waals surface area contributed by atoms with Crippen LogP contribution in [0.2, 0.25) is 0 Å². The third-order valence-electron chi connectivity index (χ3n) is 6.93. The lowest BCUT2D eigenvalue weighted by molar-refractivity contribution is 0.0829. The molecule has 0 aliphatic heterocycles. The van der Waals surface area contributed by atoms with Gasteiger partial charge >= 0.3 is 0 Å². The molecule has 3 aromatic rings. The van der Waals surface area contributed by atoms with E-state index in [2.05, 4.69) is 23.6 Å². The van der Waals surface area contributed by atoms with Gasteiger partial charge in [-0.25, -0.2) is 17.2 Å². The molecular weight excluding hydrogens is 562 g/mol. The lowest BCUT2D eigenvalue weighted by Crippen LogP contribution is -2.48. The highest BCUT2D eigenvalue weighted by Gasteiger charge is 2.24. The number of aryl methyl sites for hydroxylation is 1. The summed E-state index contributed by atoms with van der Waals surface area (Å²) in [5.74, 6) is -2.08. The fourth-order valence-corrected chi connectivity index (χ4v) is 5.57. The summed E-state index contributed by atoms with van der Waals surface area (Å²) in [6, 6.07) is 15.7. The van der Waals surface area contributed by atoms with E-state index in [4.69, 9.17) is 0 Å². The lowest BCUT2D eigenvalue weighted by Gasteiger charge is -2.25. The third-order valence-corrected chi connectivity index (χ3v) is 8.80. The minimum Gasteiger partial charge on any atom is -0.390 e. The van der Waals surface area contributed by atoms with Crippen LogP contribution in [0.1, 0.15) is 34.0 Å². The number of nitrogens with zero attached hydrogens (tertiary/aromatic N) is 2. The summed E-state index contributed by atoms with van der Waals surface area (Å²) in [5, 5.41) is 17.0. The largest absolute Gasteiger partial charge is 0.390 e. The number of carbonyl (C=O) groups is 1. The highest BCUT2D eigenvalue weighted by molar-refractivity contribution is 7.89. The topological polar surface area (TPSA) is 102 Å². The van der Waals surface area contributed by atoms with Gasteiger partial charge in [-0.2, -0.15) is 4.31 Å². The van der Waals surface area contributed by atoms with Gasteiger partial charge < -0.3 is 20.6 Å². The van der Waals surface area contributed by atoms with Gasteiger partial charge in [0.15, 0.2) is 0 Å². The average molecular weight is 603 g/mol. The molecule has 0 saturated carbocycles. The van der Waals surface area contributed by atoms with Gasteiger partial charge in [0, 0.05) is 44.9 Å². The highest BCUT2D eigenvalue weighted by atomic mass is 32.2. The van der Waals surface area contributed by atoms with Gasteiger partial charge in [0.2, 0.25) is 10.0 Å². The van der Waals surface area contributed by atoms with Crippen molar-refractivity contribution in [1.82, 2.24) is 19.8 Å². The van der Waals surface area contributed by atoms with Crippen molar-refractivity contribution in [2.75, 3.05) is 40.8 Å². The molecule has 0 radical (unpaired) electrons. The molecule has 11 heteroatoms. The van der Waals surface area contributed by atoms with Gasteiger partial charge in [-0.3, -0.25) is 4.79 Å². The van der Waals surface area contributed by atoms with Gasteiger partial charge in [-0.15, -0.1) is 0 Å². The SMILES string of the molecule is CCc1cccc(CNC[C@@H](O)[C@H](Cc2cc(F)cc(F)c2)NC(=O)c2ccc(S(=O)(=O)N(C)CCN(C)C)cc2)c1.